The van der Waals surface area contributed by atoms with Crippen LogP contribution in [-0.2, 0) is 30.5 Å². The number of carboxylic acid groups (broad SMARTS) is 1. The molecular weight excluding hydrogens is 440 g/mol. The number of thiazole rings is 1. The summed E-state index contributed by atoms with van der Waals surface area (Å²) in [7, 11) is 1.60. The fourth-order valence-electron chi connectivity index (χ4n) is 3.34. The molecule has 0 bridgehead atoms. The Morgan fingerprint density at radius 1 is 0.879 bits per heavy atom. The molecule has 9 heteroatoms. The highest BCUT2D eigenvalue weighted by Crippen LogP contribution is 2.26. The van der Waals surface area contributed by atoms with E-state index in [2.05, 4.69) is 20.9 Å². The van der Waals surface area contributed by atoms with E-state index >= 15 is 0 Å². The first kappa shape index (κ1) is 23.9. The molecule has 0 aliphatic heterocycles. The van der Waals surface area contributed by atoms with E-state index in [4.69, 9.17) is 0 Å². The van der Waals surface area contributed by atoms with E-state index in [0.717, 1.165) is 41.0 Å². The maximum atomic E-state index is 11.7. The van der Waals surface area contributed by atoms with Gasteiger partial charge in [-0.3, -0.25) is 9.59 Å². The molecule has 0 radical (unpaired) electrons. The van der Waals surface area contributed by atoms with Crippen LogP contribution in [-0.4, -0.2) is 29.9 Å². The Balaban J connectivity index is 1.68. The van der Waals surface area contributed by atoms with E-state index in [1.54, 1.807) is 19.2 Å². The fraction of sp³-hybridized carbons (Fsp3) is 0.250. The van der Waals surface area contributed by atoms with E-state index in [-0.39, 0.29) is 11.8 Å². The molecule has 0 unspecified atom stereocenters. The van der Waals surface area contributed by atoms with E-state index < -0.39 is 6.09 Å². The van der Waals surface area contributed by atoms with Crippen molar-refractivity contribution in [3.8, 4) is 0 Å². The summed E-state index contributed by atoms with van der Waals surface area (Å²) in [5, 5.41) is 18.8. The number of anilines is 2. The highest BCUT2D eigenvalue weighted by atomic mass is 32.1. The van der Waals surface area contributed by atoms with Crippen LogP contribution in [0.5, 0.6) is 0 Å². The molecule has 2 aromatic carbocycles. The van der Waals surface area contributed by atoms with Crippen LogP contribution in [0.2, 0.25) is 0 Å². The van der Waals surface area contributed by atoms with Crippen LogP contribution in [0, 0.1) is 0 Å². The second-order valence-corrected chi connectivity index (χ2v) is 8.54. The minimum absolute atomic E-state index is 0.116. The van der Waals surface area contributed by atoms with Gasteiger partial charge in [-0.2, -0.15) is 0 Å². The van der Waals surface area contributed by atoms with Gasteiger partial charge >= 0.3 is 0 Å². The van der Waals surface area contributed by atoms with Gasteiger partial charge in [-0.15, -0.1) is 11.3 Å². The summed E-state index contributed by atoms with van der Waals surface area (Å²) in [6.07, 6.45) is 1.62. The molecule has 0 aliphatic carbocycles. The van der Waals surface area contributed by atoms with Crippen LogP contribution in [0.3, 0.4) is 0 Å². The van der Waals surface area contributed by atoms with Gasteiger partial charge in [-0.25, -0.2) is 4.98 Å². The van der Waals surface area contributed by atoms with Gasteiger partial charge in [0.25, 0.3) is 5.91 Å². The van der Waals surface area contributed by atoms with Gasteiger partial charge < -0.3 is 25.9 Å². The average Bonchev–Trinajstić information content (AvgIpc) is 3.17. The van der Waals surface area contributed by atoms with E-state index in [1.807, 2.05) is 36.4 Å². The molecule has 33 heavy (non-hydrogen) atoms. The number of carbonyl (C=O) groups excluding carboxylic acids is 3. The molecular formula is C24H25N4O4S-. The maximum Gasteiger partial charge on any atom is 0.251 e. The average molecular weight is 466 g/mol. The fourth-order valence-corrected chi connectivity index (χ4v) is 4.39. The zero-order chi connectivity index (χ0) is 23.8. The van der Waals surface area contributed by atoms with Gasteiger partial charge in [0, 0.05) is 30.1 Å². The Labute approximate surface area is 196 Å². The number of hydrogen-bond acceptors (Lipinski definition) is 6. The van der Waals surface area contributed by atoms with Crippen LogP contribution in [0.25, 0.3) is 0 Å². The Morgan fingerprint density at radius 2 is 1.48 bits per heavy atom. The van der Waals surface area contributed by atoms with Gasteiger partial charge in [0.15, 0.2) is 5.13 Å². The summed E-state index contributed by atoms with van der Waals surface area (Å²) >= 11 is 1.47. The van der Waals surface area contributed by atoms with Crippen LogP contribution in [0.1, 0.15) is 39.0 Å². The number of hydrogen-bond donors (Lipinski definition) is 3. The van der Waals surface area contributed by atoms with Crippen molar-refractivity contribution in [1.29, 1.82) is 0 Å². The first-order valence-corrected chi connectivity index (χ1v) is 11.3. The molecule has 0 spiro atoms. The molecule has 0 atom stereocenters. The molecule has 3 amide bonds. The van der Waals surface area contributed by atoms with Crippen molar-refractivity contribution in [2.75, 3.05) is 17.7 Å². The third-order valence-electron chi connectivity index (χ3n) is 5.00. The van der Waals surface area contributed by atoms with Crippen LogP contribution in [0.4, 0.5) is 15.6 Å². The zero-order valence-electron chi connectivity index (χ0n) is 18.4. The SMILES string of the molecule is CNC(=O)c1ccc(CCc2sc(NC(C)=O)nc2CCc2ccc(NC(=O)[O-])cc2)cc1. The lowest BCUT2D eigenvalue weighted by molar-refractivity contribution is -0.242. The lowest BCUT2D eigenvalue weighted by atomic mass is 10.0. The summed E-state index contributed by atoms with van der Waals surface area (Å²) in [6, 6.07) is 14.6. The maximum absolute atomic E-state index is 11.7. The predicted molar refractivity (Wildman–Crippen MR) is 127 cm³/mol. The molecule has 0 fully saturated rings. The summed E-state index contributed by atoms with van der Waals surface area (Å²) < 4.78 is 0. The van der Waals surface area contributed by atoms with Crippen molar-refractivity contribution in [3.63, 3.8) is 0 Å². The topological polar surface area (TPSA) is 123 Å². The van der Waals surface area contributed by atoms with Crippen molar-refractivity contribution in [2.45, 2.75) is 32.6 Å². The minimum atomic E-state index is -1.34. The molecule has 3 N–H and O–H groups in total. The normalized spacial score (nSPS) is 10.5. The second-order valence-electron chi connectivity index (χ2n) is 7.46. The first-order chi connectivity index (χ1) is 15.8. The van der Waals surface area contributed by atoms with Crippen molar-refractivity contribution in [2.24, 2.45) is 0 Å². The van der Waals surface area contributed by atoms with Gasteiger partial charge in [-0.1, -0.05) is 24.3 Å². The van der Waals surface area contributed by atoms with E-state index in [0.29, 0.717) is 22.8 Å². The summed E-state index contributed by atoms with van der Waals surface area (Å²) in [5.74, 6) is -0.280. The summed E-state index contributed by atoms with van der Waals surface area (Å²) in [5.41, 5.74) is 4.17. The minimum Gasteiger partial charge on any atom is -0.530 e. The Morgan fingerprint density at radius 3 is 2.06 bits per heavy atom. The first-order valence-electron chi connectivity index (χ1n) is 10.5. The van der Waals surface area contributed by atoms with Crippen LogP contribution < -0.4 is 21.1 Å². The van der Waals surface area contributed by atoms with Crippen LogP contribution >= 0.6 is 11.3 Å². The standard InChI is InChI=1S/C24H26N4O4S/c1-15(29)26-23-28-20(13-7-17-5-11-19(12-6-17)27-24(31)32)21(33-23)14-8-16-3-9-18(10-4-16)22(30)25-2/h3-6,9-12,27H,7-8,13-14H2,1-2H3,(H,25,30)(H,31,32)(H,26,28,29)/p-1. The molecule has 0 saturated heterocycles. The lowest BCUT2D eigenvalue weighted by Gasteiger charge is -2.08. The smallest absolute Gasteiger partial charge is 0.251 e. The molecule has 0 saturated carbocycles. The third kappa shape index (κ3) is 7.15. The number of aryl methyl sites for hydroxylation is 4. The third-order valence-corrected chi connectivity index (χ3v) is 6.07. The number of nitrogens with zero attached hydrogens (tertiary/aromatic N) is 1. The molecule has 172 valence electrons. The van der Waals surface area contributed by atoms with Crippen molar-refractivity contribution in [3.05, 3.63) is 75.8 Å². The number of benzene rings is 2. The molecule has 3 aromatic rings. The molecule has 3 rings (SSSR count). The van der Waals surface area contributed by atoms with Crippen molar-refractivity contribution < 1.29 is 19.5 Å². The Bertz CT molecular complexity index is 1120. The van der Waals surface area contributed by atoms with Gasteiger partial charge in [0.1, 0.15) is 6.09 Å². The number of amides is 3. The quantitative estimate of drug-likeness (QED) is 0.448. The number of aromatic nitrogens is 1. The van der Waals surface area contributed by atoms with Crippen LogP contribution in [0.15, 0.2) is 48.5 Å². The Kier molecular flexibility index (Phi) is 8.15. The number of nitrogens with one attached hydrogen (secondary N) is 3. The molecule has 8 nitrogen and oxygen atoms in total. The Hall–Kier alpha value is -3.72. The summed E-state index contributed by atoms with van der Waals surface area (Å²) in [6.45, 7) is 1.46. The zero-order valence-corrected chi connectivity index (χ0v) is 19.3. The predicted octanol–water partition coefficient (Wildman–Crippen LogP) is 2.79. The largest absolute Gasteiger partial charge is 0.530 e. The van der Waals surface area contributed by atoms with Crippen molar-refractivity contribution in [1.82, 2.24) is 10.3 Å². The number of carbonyl (C=O) groups is 3. The highest BCUT2D eigenvalue weighted by Gasteiger charge is 2.13. The monoisotopic (exact) mass is 465 g/mol. The molecule has 0 aliphatic rings. The second kappa shape index (κ2) is 11.2. The highest BCUT2D eigenvalue weighted by molar-refractivity contribution is 7.15. The van der Waals surface area contributed by atoms with Gasteiger partial charge in [-0.05, 0) is 61.1 Å². The van der Waals surface area contributed by atoms with E-state index in [9.17, 15) is 19.5 Å². The number of rotatable bonds is 9. The molecule has 1 heterocycles. The van der Waals surface area contributed by atoms with Gasteiger partial charge in [0.05, 0.1) is 5.69 Å². The lowest BCUT2D eigenvalue weighted by Crippen LogP contribution is -2.28. The summed E-state index contributed by atoms with van der Waals surface area (Å²) in [4.78, 5) is 39.5. The molecule has 1 aromatic heterocycles. The van der Waals surface area contributed by atoms with E-state index in [1.165, 1.54) is 18.3 Å². The van der Waals surface area contributed by atoms with Gasteiger partial charge in [0.2, 0.25) is 5.91 Å². The van der Waals surface area contributed by atoms with Crippen molar-refractivity contribution >= 4 is 40.1 Å².